The van der Waals surface area contributed by atoms with Gasteiger partial charge in [0.05, 0.1) is 11.7 Å². The zero-order valence-corrected chi connectivity index (χ0v) is 9.33. The average Bonchev–Trinajstić information content (AvgIpc) is 2.15. The number of aromatic nitrogens is 1. The Hall–Kier alpha value is -1.15. The molecule has 1 N–H and O–H groups in total. The Morgan fingerprint density at radius 2 is 2.21 bits per heavy atom. The standard InChI is InChI=1S/C12H18N2/c1-9(2)8-11(13-4)12-10(3)6-5-7-14-12/h5-8,11,13H,1-4H3. The van der Waals surface area contributed by atoms with E-state index in [9.17, 15) is 0 Å². The Balaban J connectivity index is 3.01. The van der Waals surface area contributed by atoms with Crippen molar-refractivity contribution >= 4 is 0 Å². The zero-order chi connectivity index (χ0) is 10.6. The third-order valence-corrected chi connectivity index (χ3v) is 2.16. The molecule has 0 amide bonds. The van der Waals surface area contributed by atoms with Crippen LogP contribution >= 0.6 is 0 Å². The minimum Gasteiger partial charge on any atom is -0.309 e. The summed E-state index contributed by atoms with van der Waals surface area (Å²) in [7, 11) is 1.96. The summed E-state index contributed by atoms with van der Waals surface area (Å²) < 4.78 is 0. The van der Waals surface area contributed by atoms with Crippen LogP contribution in [0.5, 0.6) is 0 Å². The minimum atomic E-state index is 0.223. The Kier molecular flexibility index (Phi) is 3.84. The number of likely N-dealkylation sites (N-methyl/N-ethyl adjacent to an activating group) is 1. The number of hydrogen-bond acceptors (Lipinski definition) is 2. The number of allylic oxidation sites excluding steroid dienone is 1. The normalized spacial score (nSPS) is 12.3. The highest BCUT2D eigenvalue weighted by Crippen LogP contribution is 2.16. The lowest BCUT2D eigenvalue weighted by Crippen LogP contribution is -2.16. The summed E-state index contributed by atoms with van der Waals surface area (Å²) >= 11 is 0. The number of aryl methyl sites for hydroxylation is 1. The highest BCUT2D eigenvalue weighted by Gasteiger charge is 2.09. The van der Waals surface area contributed by atoms with E-state index in [4.69, 9.17) is 0 Å². The highest BCUT2D eigenvalue weighted by molar-refractivity contribution is 5.25. The van der Waals surface area contributed by atoms with Gasteiger partial charge in [0.1, 0.15) is 0 Å². The molecule has 76 valence electrons. The second-order valence-corrected chi connectivity index (χ2v) is 3.72. The predicted octanol–water partition coefficient (Wildman–Crippen LogP) is 2.62. The van der Waals surface area contributed by atoms with Crippen LogP contribution < -0.4 is 5.32 Å². The fourth-order valence-corrected chi connectivity index (χ4v) is 1.46. The lowest BCUT2D eigenvalue weighted by molar-refractivity contribution is 0.683. The van der Waals surface area contributed by atoms with Crippen molar-refractivity contribution in [2.45, 2.75) is 26.8 Å². The molecule has 1 unspecified atom stereocenters. The van der Waals surface area contributed by atoms with Gasteiger partial charge in [-0.3, -0.25) is 4.98 Å². The van der Waals surface area contributed by atoms with E-state index in [0.717, 1.165) is 5.69 Å². The van der Waals surface area contributed by atoms with Gasteiger partial charge in [-0.15, -0.1) is 0 Å². The fourth-order valence-electron chi connectivity index (χ4n) is 1.46. The number of nitrogens with zero attached hydrogens (tertiary/aromatic N) is 1. The predicted molar refractivity (Wildman–Crippen MR) is 60.2 cm³/mol. The van der Waals surface area contributed by atoms with Crippen LogP contribution in [-0.4, -0.2) is 12.0 Å². The first-order valence-electron chi connectivity index (χ1n) is 4.89. The van der Waals surface area contributed by atoms with Crippen LogP contribution in [0.25, 0.3) is 0 Å². The van der Waals surface area contributed by atoms with Crippen molar-refractivity contribution in [2.75, 3.05) is 7.05 Å². The van der Waals surface area contributed by atoms with Gasteiger partial charge in [0.25, 0.3) is 0 Å². The van der Waals surface area contributed by atoms with Gasteiger partial charge in [-0.1, -0.05) is 17.7 Å². The molecule has 1 aromatic rings. The molecule has 0 spiro atoms. The van der Waals surface area contributed by atoms with E-state index in [-0.39, 0.29) is 6.04 Å². The van der Waals surface area contributed by atoms with Gasteiger partial charge in [-0.2, -0.15) is 0 Å². The molecule has 0 aromatic carbocycles. The topological polar surface area (TPSA) is 24.9 Å². The minimum absolute atomic E-state index is 0.223. The highest BCUT2D eigenvalue weighted by atomic mass is 14.9. The lowest BCUT2D eigenvalue weighted by atomic mass is 10.1. The quantitative estimate of drug-likeness (QED) is 0.741. The molecule has 0 aliphatic carbocycles. The van der Waals surface area contributed by atoms with Crippen molar-refractivity contribution < 1.29 is 0 Å². The van der Waals surface area contributed by atoms with Crippen LogP contribution in [-0.2, 0) is 0 Å². The first-order valence-corrected chi connectivity index (χ1v) is 4.89. The van der Waals surface area contributed by atoms with Gasteiger partial charge >= 0.3 is 0 Å². The van der Waals surface area contributed by atoms with E-state index in [1.165, 1.54) is 11.1 Å². The van der Waals surface area contributed by atoms with E-state index >= 15 is 0 Å². The molecule has 2 nitrogen and oxygen atoms in total. The summed E-state index contributed by atoms with van der Waals surface area (Å²) in [6, 6.07) is 4.28. The van der Waals surface area contributed by atoms with Crippen molar-refractivity contribution in [3.63, 3.8) is 0 Å². The molecule has 0 saturated heterocycles. The molecule has 1 aromatic heterocycles. The van der Waals surface area contributed by atoms with E-state index in [2.05, 4.69) is 43.2 Å². The molecule has 2 heteroatoms. The van der Waals surface area contributed by atoms with Crippen LogP contribution in [0.2, 0.25) is 0 Å². The zero-order valence-electron chi connectivity index (χ0n) is 9.33. The molecule has 0 aliphatic heterocycles. The van der Waals surface area contributed by atoms with E-state index in [1.54, 1.807) is 0 Å². The maximum Gasteiger partial charge on any atom is 0.0683 e. The SMILES string of the molecule is CNC(C=C(C)C)c1ncccc1C. The van der Waals surface area contributed by atoms with Gasteiger partial charge in [-0.25, -0.2) is 0 Å². The van der Waals surface area contributed by atoms with Crippen LogP contribution in [0.3, 0.4) is 0 Å². The fraction of sp³-hybridized carbons (Fsp3) is 0.417. The van der Waals surface area contributed by atoms with Crippen LogP contribution in [0.1, 0.15) is 31.1 Å². The third-order valence-electron chi connectivity index (χ3n) is 2.16. The van der Waals surface area contributed by atoms with Gasteiger partial charge in [0, 0.05) is 6.20 Å². The number of rotatable bonds is 3. The Bertz CT molecular complexity index is 325. The van der Waals surface area contributed by atoms with E-state index < -0.39 is 0 Å². The second-order valence-electron chi connectivity index (χ2n) is 3.72. The number of hydrogen-bond donors (Lipinski definition) is 1. The summed E-state index contributed by atoms with van der Waals surface area (Å²) in [6.45, 7) is 6.29. The van der Waals surface area contributed by atoms with Crippen molar-refractivity contribution in [3.8, 4) is 0 Å². The molecule has 0 aliphatic rings. The molecule has 1 atom stereocenters. The second kappa shape index (κ2) is 4.91. The Labute approximate surface area is 86.1 Å². The van der Waals surface area contributed by atoms with Gasteiger partial charge in [-0.05, 0) is 39.4 Å². The molecular formula is C12H18N2. The van der Waals surface area contributed by atoms with Gasteiger partial charge in [0.2, 0.25) is 0 Å². The number of pyridine rings is 1. The summed E-state index contributed by atoms with van der Waals surface area (Å²) in [5.41, 5.74) is 3.63. The van der Waals surface area contributed by atoms with Gasteiger partial charge in [0.15, 0.2) is 0 Å². The summed E-state index contributed by atoms with van der Waals surface area (Å²) in [6.07, 6.45) is 4.03. The largest absolute Gasteiger partial charge is 0.309 e. The summed E-state index contributed by atoms with van der Waals surface area (Å²) in [5.74, 6) is 0. The van der Waals surface area contributed by atoms with E-state index in [1.807, 2.05) is 19.3 Å². The molecule has 0 saturated carbocycles. The van der Waals surface area contributed by atoms with E-state index in [0.29, 0.717) is 0 Å². The molecule has 0 radical (unpaired) electrons. The van der Waals surface area contributed by atoms with Crippen LogP contribution in [0, 0.1) is 6.92 Å². The molecule has 0 bridgehead atoms. The first kappa shape index (κ1) is 10.9. The Morgan fingerprint density at radius 1 is 1.50 bits per heavy atom. The van der Waals surface area contributed by atoms with Crippen LogP contribution in [0.15, 0.2) is 30.0 Å². The van der Waals surface area contributed by atoms with Crippen molar-refractivity contribution in [1.29, 1.82) is 0 Å². The first-order chi connectivity index (χ1) is 6.65. The third kappa shape index (κ3) is 2.67. The van der Waals surface area contributed by atoms with Crippen LogP contribution in [0.4, 0.5) is 0 Å². The summed E-state index contributed by atoms with van der Waals surface area (Å²) in [4.78, 5) is 4.40. The Morgan fingerprint density at radius 3 is 2.71 bits per heavy atom. The van der Waals surface area contributed by atoms with Gasteiger partial charge < -0.3 is 5.32 Å². The average molecular weight is 190 g/mol. The molecule has 1 heterocycles. The lowest BCUT2D eigenvalue weighted by Gasteiger charge is -2.14. The van der Waals surface area contributed by atoms with Crippen molar-refractivity contribution in [2.24, 2.45) is 0 Å². The molecule has 0 fully saturated rings. The van der Waals surface area contributed by atoms with Crippen molar-refractivity contribution in [3.05, 3.63) is 41.2 Å². The molecular weight excluding hydrogens is 172 g/mol. The maximum absolute atomic E-state index is 4.40. The summed E-state index contributed by atoms with van der Waals surface area (Å²) in [5, 5.41) is 3.25. The maximum atomic E-state index is 4.40. The molecule has 14 heavy (non-hydrogen) atoms. The number of nitrogens with one attached hydrogen (secondary N) is 1. The molecule has 1 rings (SSSR count). The monoisotopic (exact) mass is 190 g/mol. The van der Waals surface area contributed by atoms with Crippen molar-refractivity contribution in [1.82, 2.24) is 10.3 Å². The smallest absolute Gasteiger partial charge is 0.0683 e.